The summed E-state index contributed by atoms with van der Waals surface area (Å²) in [5, 5.41) is 0.707. The number of esters is 1. The Kier molecular flexibility index (Phi) is 4.42. The van der Waals surface area contributed by atoms with Crippen molar-refractivity contribution in [3.63, 3.8) is 0 Å². The number of rotatable bonds is 4. The Bertz CT molecular complexity index is 959. The van der Waals surface area contributed by atoms with Gasteiger partial charge in [0.05, 0.1) is 6.42 Å². The number of carbonyl (C=O) groups excluding carboxylic acids is 1. The Balaban J connectivity index is 1.77. The predicted molar refractivity (Wildman–Crippen MR) is 87.1 cm³/mol. The van der Waals surface area contributed by atoms with Gasteiger partial charge in [-0.05, 0) is 30.2 Å². The summed E-state index contributed by atoms with van der Waals surface area (Å²) in [6, 6.07) is 12.8. The Labute approximate surface area is 137 Å². The first-order valence-electron chi connectivity index (χ1n) is 7.45. The summed E-state index contributed by atoms with van der Waals surface area (Å²) in [7, 11) is 0. The van der Waals surface area contributed by atoms with Crippen LogP contribution in [0.25, 0.3) is 11.0 Å². The molecule has 4 nitrogen and oxygen atoms in total. The van der Waals surface area contributed by atoms with Gasteiger partial charge in [-0.2, -0.15) is 0 Å². The third kappa shape index (κ3) is 3.51. The highest BCUT2D eigenvalue weighted by Crippen LogP contribution is 2.19. The Hall–Kier alpha value is -2.95. The Morgan fingerprint density at radius 3 is 2.71 bits per heavy atom. The fourth-order valence-electron chi connectivity index (χ4n) is 2.46. The Morgan fingerprint density at radius 2 is 1.92 bits per heavy atom. The first-order chi connectivity index (χ1) is 11.5. The van der Waals surface area contributed by atoms with E-state index in [0.717, 1.165) is 5.56 Å². The molecule has 0 spiro atoms. The Morgan fingerprint density at radius 1 is 1.12 bits per heavy atom. The second kappa shape index (κ2) is 6.66. The zero-order valence-electron chi connectivity index (χ0n) is 13.0. The van der Waals surface area contributed by atoms with Crippen molar-refractivity contribution in [2.75, 3.05) is 0 Å². The van der Waals surface area contributed by atoms with Crippen LogP contribution >= 0.6 is 0 Å². The van der Waals surface area contributed by atoms with Crippen LogP contribution in [0.1, 0.15) is 16.7 Å². The van der Waals surface area contributed by atoms with E-state index in [2.05, 4.69) is 0 Å². The molecular weight excluding hydrogens is 311 g/mol. The van der Waals surface area contributed by atoms with Gasteiger partial charge in [0.25, 0.3) is 0 Å². The molecule has 2 aromatic carbocycles. The highest BCUT2D eigenvalue weighted by atomic mass is 19.1. The minimum absolute atomic E-state index is 0.0710. The molecule has 122 valence electrons. The van der Waals surface area contributed by atoms with E-state index < -0.39 is 17.4 Å². The molecule has 1 heterocycles. The molecule has 0 aliphatic rings. The van der Waals surface area contributed by atoms with E-state index in [4.69, 9.17) is 9.15 Å². The van der Waals surface area contributed by atoms with Gasteiger partial charge >= 0.3 is 11.6 Å². The summed E-state index contributed by atoms with van der Waals surface area (Å²) in [6.45, 7) is 1.82. The number of ether oxygens (including phenoxy) is 1. The summed E-state index contributed by atoms with van der Waals surface area (Å²) in [6.07, 6.45) is -0.162. The van der Waals surface area contributed by atoms with Gasteiger partial charge in [-0.25, -0.2) is 9.18 Å². The van der Waals surface area contributed by atoms with E-state index in [1.165, 1.54) is 18.2 Å². The lowest BCUT2D eigenvalue weighted by molar-refractivity contribution is -0.144. The first kappa shape index (κ1) is 15.9. The number of aryl methyl sites for hydroxylation is 1. The molecule has 0 amide bonds. The highest BCUT2D eigenvalue weighted by molar-refractivity contribution is 5.81. The molecular formula is C19H15FO4. The van der Waals surface area contributed by atoms with Crippen molar-refractivity contribution >= 4 is 16.9 Å². The van der Waals surface area contributed by atoms with Crippen LogP contribution in [0.2, 0.25) is 0 Å². The number of hydrogen-bond acceptors (Lipinski definition) is 4. The molecule has 0 saturated carbocycles. The molecule has 0 radical (unpaired) electrons. The van der Waals surface area contributed by atoms with E-state index in [1.54, 1.807) is 18.2 Å². The van der Waals surface area contributed by atoms with Crippen molar-refractivity contribution in [1.82, 2.24) is 0 Å². The number of fused-ring (bicyclic) bond motifs is 1. The number of halogens is 1. The topological polar surface area (TPSA) is 56.5 Å². The minimum atomic E-state index is -0.561. The molecule has 0 fully saturated rings. The fourth-order valence-corrected chi connectivity index (χ4v) is 2.46. The smallest absolute Gasteiger partial charge is 0.336 e. The van der Waals surface area contributed by atoms with Crippen molar-refractivity contribution < 1.29 is 18.3 Å². The van der Waals surface area contributed by atoms with Gasteiger partial charge in [0.1, 0.15) is 18.0 Å². The van der Waals surface area contributed by atoms with Crippen molar-refractivity contribution in [3.8, 4) is 0 Å². The van der Waals surface area contributed by atoms with Crippen LogP contribution in [0.5, 0.6) is 0 Å². The lowest BCUT2D eigenvalue weighted by Gasteiger charge is -2.08. The average molecular weight is 326 g/mol. The van der Waals surface area contributed by atoms with Gasteiger partial charge in [0.2, 0.25) is 0 Å². The van der Waals surface area contributed by atoms with Gasteiger partial charge in [-0.15, -0.1) is 0 Å². The van der Waals surface area contributed by atoms with E-state index in [0.29, 0.717) is 16.5 Å². The van der Waals surface area contributed by atoms with Gasteiger partial charge in [-0.1, -0.05) is 30.3 Å². The number of benzene rings is 2. The molecule has 0 N–H and O–H groups in total. The summed E-state index contributed by atoms with van der Waals surface area (Å²) >= 11 is 0. The maximum atomic E-state index is 13.6. The van der Waals surface area contributed by atoms with Crippen molar-refractivity contribution in [3.05, 3.63) is 81.5 Å². The molecule has 0 aliphatic heterocycles. The van der Waals surface area contributed by atoms with E-state index in [-0.39, 0.29) is 18.6 Å². The predicted octanol–water partition coefficient (Wildman–Crippen LogP) is 3.53. The van der Waals surface area contributed by atoms with Crippen molar-refractivity contribution in [1.29, 1.82) is 0 Å². The van der Waals surface area contributed by atoms with Crippen molar-refractivity contribution in [2.45, 2.75) is 20.0 Å². The van der Waals surface area contributed by atoms with Crippen LogP contribution < -0.4 is 5.63 Å². The van der Waals surface area contributed by atoms with E-state index in [9.17, 15) is 14.0 Å². The maximum Gasteiger partial charge on any atom is 0.336 e. The normalized spacial score (nSPS) is 10.8. The van der Waals surface area contributed by atoms with Gasteiger partial charge in [0, 0.05) is 17.0 Å². The molecule has 24 heavy (non-hydrogen) atoms. The zero-order chi connectivity index (χ0) is 17.1. The molecule has 3 rings (SSSR count). The van der Waals surface area contributed by atoms with Crippen LogP contribution in [0.3, 0.4) is 0 Å². The molecule has 0 atom stereocenters. The fraction of sp³-hybridized carbons (Fsp3) is 0.158. The first-order valence-corrected chi connectivity index (χ1v) is 7.45. The largest absolute Gasteiger partial charge is 0.461 e. The molecule has 0 aliphatic carbocycles. The molecule has 1 aromatic heterocycles. The quantitative estimate of drug-likeness (QED) is 0.544. The van der Waals surface area contributed by atoms with Crippen LogP contribution in [0.4, 0.5) is 4.39 Å². The van der Waals surface area contributed by atoms with E-state index in [1.807, 2.05) is 19.1 Å². The SMILES string of the molecule is Cc1ccc2c(COC(=O)Cc3ccccc3F)cc(=O)oc2c1. The summed E-state index contributed by atoms with van der Waals surface area (Å²) in [5.74, 6) is -1.01. The molecule has 0 unspecified atom stereocenters. The molecule has 0 saturated heterocycles. The zero-order valence-corrected chi connectivity index (χ0v) is 13.0. The van der Waals surface area contributed by atoms with E-state index >= 15 is 0 Å². The van der Waals surface area contributed by atoms with Gasteiger partial charge in [-0.3, -0.25) is 4.79 Å². The maximum absolute atomic E-state index is 13.6. The second-order valence-corrected chi connectivity index (χ2v) is 5.52. The summed E-state index contributed by atoms with van der Waals surface area (Å²) < 4.78 is 23.9. The van der Waals surface area contributed by atoms with Gasteiger partial charge in [0.15, 0.2) is 0 Å². The average Bonchev–Trinajstić information content (AvgIpc) is 2.54. The molecule has 0 bridgehead atoms. The van der Waals surface area contributed by atoms with Crippen LogP contribution in [0, 0.1) is 12.7 Å². The van der Waals surface area contributed by atoms with Crippen LogP contribution in [-0.2, 0) is 22.6 Å². The van der Waals surface area contributed by atoms with Gasteiger partial charge < -0.3 is 9.15 Å². The monoisotopic (exact) mass is 326 g/mol. The minimum Gasteiger partial charge on any atom is -0.461 e. The lowest BCUT2D eigenvalue weighted by atomic mass is 10.1. The second-order valence-electron chi connectivity index (χ2n) is 5.52. The molecule has 3 aromatic rings. The third-order valence-corrected chi connectivity index (χ3v) is 3.67. The lowest BCUT2D eigenvalue weighted by Crippen LogP contribution is -2.10. The third-order valence-electron chi connectivity index (χ3n) is 3.67. The summed E-state index contributed by atoms with van der Waals surface area (Å²) in [5.41, 5.74) is 1.73. The number of carbonyl (C=O) groups is 1. The van der Waals surface area contributed by atoms with Crippen molar-refractivity contribution in [2.24, 2.45) is 0 Å². The van der Waals surface area contributed by atoms with Crippen LogP contribution in [0.15, 0.2) is 57.7 Å². The summed E-state index contributed by atoms with van der Waals surface area (Å²) in [4.78, 5) is 23.6. The number of hydrogen-bond donors (Lipinski definition) is 0. The highest BCUT2D eigenvalue weighted by Gasteiger charge is 2.11. The van der Waals surface area contributed by atoms with Crippen LogP contribution in [-0.4, -0.2) is 5.97 Å². The molecule has 5 heteroatoms. The standard InChI is InChI=1S/C19H15FO4/c1-12-6-7-15-14(10-19(22)24-17(15)8-12)11-23-18(21)9-13-4-2-3-5-16(13)20/h2-8,10H,9,11H2,1H3.